The van der Waals surface area contributed by atoms with Gasteiger partial charge in [0.25, 0.3) is 0 Å². The lowest BCUT2D eigenvalue weighted by Gasteiger charge is -2.11. The molecule has 0 fully saturated rings. The highest BCUT2D eigenvalue weighted by atomic mass is 19.1. The molecule has 2 aromatic heterocycles. The molecule has 3 aromatic carbocycles. The van der Waals surface area contributed by atoms with Crippen LogP contribution >= 0.6 is 0 Å². The van der Waals surface area contributed by atoms with E-state index in [0.29, 0.717) is 0 Å². The molecular weight excluding hydrogens is 351 g/mol. The molecule has 0 bridgehead atoms. The van der Waals surface area contributed by atoms with Gasteiger partial charge in [0.05, 0.1) is 28.6 Å². The van der Waals surface area contributed by atoms with Crippen LogP contribution in [-0.4, -0.2) is 19.3 Å². The third kappa shape index (κ3) is 2.68. The quantitative estimate of drug-likeness (QED) is 0.432. The molecule has 0 spiro atoms. The highest BCUT2D eigenvalue weighted by Crippen LogP contribution is 2.28. The van der Waals surface area contributed by atoms with E-state index in [1.54, 1.807) is 18.5 Å². The molecular formula is C23H17FN4. The molecule has 0 aliphatic carbocycles. The van der Waals surface area contributed by atoms with E-state index in [2.05, 4.69) is 41.3 Å². The summed E-state index contributed by atoms with van der Waals surface area (Å²) in [6.45, 7) is 2.08. The first kappa shape index (κ1) is 16.4. The SMILES string of the molecule is Cc1ccccc1-n1nccc1-c1ccc2ncn(-c3ccc(F)cc3)c2c1. The zero-order valence-electron chi connectivity index (χ0n) is 15.2. The molecule has 4 nitrogen and oxygen atoms in total. The lowest BCUT2D eigenvalue weighted by atomic mass is 10.1. The van der Waals surface area contributed by atoms with E-state index in [1.165, 1.54) is 12.1 Å². The molecule has 0 amide bonds. The molecule has 5 aromatic rings. The number of hydrogen-bond donors (Lipinski definition) is 0. The topological polar surface area (TPSA) is 35.6 Å². The van der Waals surface area contributed by atoms with E-state index in [0.717, 1.165) is 39.2 Å². The highest BCUT2D eigenvalue weighted by Gasteiger charge is 2.12. The fourth-order valence-electron chi connectivity index (χ4n) is 3.49. The van der Waals surface area contributed by atoms with Crippen LogP contribution in [-0.2, 0) is 0 Å². The second kappa shape index (κ2) is 6.46. The van der Waals surface area contributed by atoms with Gasteiger partial charge in [0.1, 0.15) is 12.1 Å². The molecule has 0 aliphatic heterocycles. The van der Waals surface area contributed by atoms with Crippen molar-refractivity contribution < 1.29 is 4.39 Å². The summed E-state index contributed by atoms with van der Waals surface area (Å²) in [6, 6.07) is 22.7. The molecule has 0 unspecified atom stereocenters. The van der Waals surface area contributed by atoms with Gasteiger partial charge in [-0.05, 0) is 61.0 Å². The summed E-state index contributed by atoms with van der Waals surface area (Å²) in [4.78, 5) is 4.48. The minimum Gasteiger partial charge on any atom is -0.299 e. The Morgan fingerprint density at radius 1 is 0.893 bits per heavy atom. The van der Waals surface area contributed by atoms with Gasteiger partial charge in [-0.3, -0.25) is 4.57 Å². The monoisotopic (exact) mass is 368 g/mol. The summed E-state index contributed by atoms with van der Waals surface area (Å²) in [5.74, 6) is -0.254. The minimum atomic E-state index is -0.254. The summed E-state index contributed by atoms with van der Waals surface area (Å²) < 4.78 is 17.2. The predicted molar refractivity (Wildman–Crippen MR) is 108 cm³/mol. The van der Waals surface area contributed by atoms with Crippen molar-refractivity contribution in [1.82, 2.24) is 19.3 Å². The van der Waals surface area contributed by atoms with Crippen LogP contribution in [0.3, 0.4) is 0 Å². The second-order valence-corrected chi connectivity index (χ2v) is 6.71. The number of aryl methyl sites for hydroxylation is 1. The number of nitrogens with zero attached hydrogens (tertiary/aromatic N) is 4. The van der Waals surface area contributed by atoms with Gasteiger partial charge in [0.2, 0.25) is 0 Å². The standard InChI is InChI=1S/C23H17FN4/c1-16-4-2-3-5-21(16)28-22(12-13-26-28)17-6-11-20-23(14-17)27(15-25-20)19-9-7-18(24)8-10-19/h2-15H,1H3. The fraction of sp³-hybridized carbons (Fsp3) is 0.0435. The average molecular weight is 368 g/mol. The van der Waals surface area contributed by atoms with Crippen LogP contribution < -0.4 is 0 Å². The van der Waals surface area contributed by atoms with Crippen LogP contribution in [0, 0.1) is 12.7 Å². The van der Waals surface area contributed by atoms with E-state index in [4.69, 9.17) is 0 Å². The van der Waals surface area contributed by atoms with Crippen LogP contribution in [0.4, 0.5) is 4.39 Å². The van der Waals surface area contributed by atoms with Crippen LogP contribution in [0.15, 0.2) is 85.3 Å². The van der Waals surface area contributed by atoms with Crippen LogP contribution in [0.1, 0.15) is 5.56 Å². The smallest absolute Gasteiger partial charge is 0.123 e. The predicted octanol–water partition coefficient (Wildman–Crippen LogP) is 5.33. The highest BCUT2D eigenvalue weighted by molar-refractivity contribution is 5.83. The number of hydrogen-bond acceptors (Lipinski definition) is 2. The third-order valence-electron chi connectivity index (χ3n) is 4.93. The van der Waals surface area contributed by atoms with Crippen molar-refractivity contribution in [2.75, 3.05) is 0 Å². The number of para-hydroxylation sites is 1. The van der Waals surface area contributed by atoms with Crippen molar-refractivity contribution in [3.8, 4) is 22.6 Å². The Labute approximate surface area is 161 Å². The Morgan fingerprint density at radius 3 is 2.54 bits per heavy atom. The van der Waals surface area contributed by atoms with Crippen molar-refractivity contribution in [2.45, 2.75) is 6.92 Å². The Morgan fingerprint density at radius 2 is 1.71 bits per heavy atom. The summed E-state index contributed by atoms with van der Waals surface area (Å²) >= 11 is 0. The van der Waals surface area contributed by atoms with Gasteiger partial charge in [0, 0.05) is 11.3 Å². The van der Waals surface area contributed by atoms with Crippen molar-refractivity contribution in [3.63, 3.8) is 0 Å². The Balaban J connectivity index is 1.66. The first-order valence-corrected chi connectivity index (χ1v) is 9.04. The largest absolute Gasteiger partial charge is 0.299 e. The van der Waals surface area contributed by atoms with Crippen molar-refractivity contribution in [1.29, 1.82) is 0 Å². The molecule has 5 heteroatoms. The minimum absolute atomic E-state index is 0.254. The zero-order valence-corrected chi connectivity index (χ0v) is 15.2. The van der Waals surface area contributed by atoms with Gasteiger partial charge in [-0.15, -0.1) is 0 Å². The molecule has 0 N–H and O–H groups in total. The normalized spacial score (nSPS) is 11.2. The maximum atomic E-state index is 13.3. The fourth-order valence-corrected chi connectivity index (χ4v) is 3.49. The number of rotatable bonds is 3. The molecule has 0 saturated carbocycles. The third-order valence-corrected chi connectivity index (χ3v) is 4.93. The average Bonchev–Trinajstić information content (AvgIpc) is 3.35. The number of aromatic nitrogens is 4. The van der Waals surface area contributed by atoms with Crippen molar-refractivity contribution in [2.24, 2.45) is 0 Å². The van der Waals surface area contributed by atoms with E-state index in [9.17, 15) is 4.39 Å². The number of halogens is 1. The molecule has 0 atom stereocenters. The van der Waals surface area contributed by atoms with Crippen molar-refractivity contribution in [3.05, 3.63) is 96.7 Å². The van der Waals surface area contributed by atoms with E-state index in [-0.39, 0.29) is 5.82 Å². The Kier molecular flexibility index (Phi) is 3.79. The summed E-state index contributed by atoms with van der Waals surface area (Å²) in [5, 5.41) is 4.53. The first-order valence-electron chi connectivity index (χ1n) is 9.04. The lowest BCUT2D eigenvalue weighted by molar-refractivity contribution is 0.627. The zero-order chi connectivity index (χ0) is 19.1. The van der Waals surface area contributed by atoms with Gasteiger partial charge in [0.15, 0.2) is 0 Å². The molecule has 5 rings (SSSR count). The van der Waals surface area contributed by atoms with Crippen LogP contribution in [0.2, 0.25) is 0 Å². The maximum absolute atomic E-state index is 13.3. The van der Waals surface area contributed by atoms with Gasteiger partial charge < -0.3 is 0 Å². The van der Waals surface area contributed by atoms with E-state index in [1.807, 2.05) is 39.7 Å². The van der Waals surface area contributed by atoms with Gasteiger partial charge in [-0.1, -0.05) is 24.3 Å². The van der Waals surface area contributed by atoms with E-state index < -0.39 is 0 Å². The molecule has 2 heterocycles. The first-order chi connectivity index (χ1) is 13.7. The number of benzene rings is 3. The summed E-state index contributed by atoms with van der Waals surface area (Å²) in [7, 11) is 0. The number of fused-ring (bicyclic) bond motifs is 1. The van der Waals surface area contributed by atoms with Crippen molar-refractivity contribution >= 4 is 11.0 Å². The molecule has 28 heavy (non-hydrogen) atoms. The van der Waals surface area contributed by atoms with E-state index >= 15 is 0 Å². The maximum Gasteiger partial charge on any atom is 0.123 e. The second-order valence-electron chi connectivity index (χ2n) is 6.71. The molecule has 0 saturated heterocycles. The molecule has 136 valence electrons. The Bertz CT molecular complexity index is 1280. The lowest BCUT2D eigenvalue weighted by Crippen LogP contribution is -2.01. The van der Waals surface area contributed by atoms with Gasteiger partial charge in [-0.25, -0.2) is 14.1 Å². The molecule has 0 radical (unpaired) electrons. The van der Waals surface area contributed by atoms with Crippen LogP contribution in [0.25, 0.3) is 33.7 Å². The number of imidazole rings is 1. The Hall–Kier alpha value is -3.73. The van der Waals surface area contributed by atoms with Gasteiger partial charge in [-0.2, -0.15) is 5.10 Å². The van der Waals surface area contributed by atoms with Gasteiger partial charge >= 0.3 is 0 Å². The summed E-state index contributed by atoms with van der Waals surface area (Å²) in [6.07, 6.45) is 3.57. The van der Waals surface area contributed by atoms with Crippen LogP contribution in [0.5, 0.6) is 0 Å². The molecule has 0 aliphatic rings. The summed E-state index contributed by atoms with van der Waals surface area (Å²) in [5.41, 5.74) is 6.96.